The molecule has 1 rings (SSSR count). The van der Waals surface area contributed by atoms with Crippen LogP contribution in [-0.2, 0) is 16.0 Å². The van der Waals surface area contributed by atoms with E-state index in [0.717, 1.165) is 17.7 Å². The van der Waals surface area contributed by atoms with Crippen molar-refractivity contribution in [3.63, 3.8) is 0 Å². The van der Waals surface area contributed by atoms with Crippen molar-refractivity contribution < 1.29 is 14.3 Å². The van der Waals surface area contributed by atoms with E-state index in [9.17, 15) is 4.79 Å². The van der Waals surface area contributed by atoms with Crippen LogP contribution < -0.4 is 4.74 Å². The summed E-state index contributed by atoms with van der Waals surface area (Å²) in [5.41, 5.74) is 0.926. The summed E-state index contributed by atoms with van der Waals surface area (Å²) in [6, 6.07) is 7.39. The molecule has 0 aliphatic carbocycles. The summed E-state index contributed by atoms with van der Waals surface area (Å²) < 4.78 is 10.1. The second-order valence-electron chi connectivity index (χ2n) is 3.59. The van der Waals surface area contributed by atoms with Gasteiger partial charge < -0.3 is 9.47 Å². The predicted molar refractivity (Wildman–Crippen MR) is 67.1 cm³/mol. The Morgan fingerprint density at radius 1 is 1.24 bits per heavy atom. The van der Waals surface area contributed by atoms with Gasteiger partial charge in [-0.15, -0.1) is 0 Å². The van der Waals surface area contributed by atoms with Gasteiger partial charge in [-0.2, -0.15) is 0 Å². The van der Waals surface area contributed by atoms with Gasteiger partial charge in [-0.05, 0) is 24.1 Å². The summed E-state index contributed by atoms with van der Waals surface area (Å²) >= 11 is 0. The van der Waals surface area contributed by atoms with Gasteiger partial charge in [-0.3, -0.25) is 4.79 Å². The topological polar surface area (TPSA) is 35.5 Å². The highest BCUT2D eigenvalue weighted by Crippen LogP contribution is 2.11. The smallest absolute Gasteiger partial charge is 0.310 e. The summed E-state index contributed by atoms with van der Waals surface area (Å²) in [5, 5.41) is 0. The van der Waals surface area contributed by atoms with Gasteiger partial charge in [0.25, 0.3) is 0 Å². The molecule has 1 aromatic carbocycles. The van der Waals surface area contributed by atoms with Crippen LogP contribution in [0.3, 0.4) is 0 Å². The number of carbonyl (C=O) groups is 1. The normalized spacial score (nSPS) is 10.5. The zero-order chi connectivity index (χ0) is 12.5. The van der Waals surface area contributed by atoms with E-state index in [1.807, 2.05) is 43.3 Å². The summed E-state index contributed by atoms with van der Waals surface area (Å²) in [6.45, 7) is 2.39. The first-order valence-corrected chi connectivity index (χ1v) is 5.69. The van der Waals surface area contributed by atoms with Crippen LogP contribution in [0, 0.1) is 0 Å². The van der Waals surface area contributed by atoms with E-state index in [0.29, 0.717) is 13.0 Å². The van der Waals surface area contributed by atoms with E-state index in [1.54, 1.807) is 7.11 Å². The quantitative estimate of drug-likeness (QED) is 0.561. The second kappa shape index (κ2) is 7.49. The summed E-state index contributed by atoms with van der Waals surface area (Å²) in [4.78, 5) is 11.4. The molecule has 0 radical (unpaired) electrons. The molecule has 0 amide bonds. The number of methoxy groups -OCH3 is 1. The SMILES string of the molecule is CC/C=C/COC(=O)Cc1ccc(OC)cc1. The van der Waals surface area contributed by atoms with Crippen molar-refractivity contribution in [2.45, 2.75) is 19.8 Å². The molecule has 0 atom stereocenters. The lowest BCUT2D eigenvalue weighted by Gasteiger charge is -2.03. The van der Waals surface area contributed by atoms with Gasteiger partial charge in [0, 0.05) is 0 Å². The van der Waals surface area contributed by atoms with Gasteiger partial charge in [-0.25, -0.2) is 0 Å². The Balaban J connectivity index is 2.37. The fraction of sp³-hybridized carbons (Fsp3) is 0.357. The van der Waals surface area contributed by atoms with Crippen molar-refractivity contribution in [1.29, 1.82) is 0 Å². The highest BCUT2D eigenvalue weighted by atomic mass is 16.5. The maximum atomic E-state index is 11.4. The fourth-order valence-corrected chi connectivity index (χ4v) is 1.34. The molecule has 3 heteroatoms. The molecule has 0 aliphatic heterocycles. The summed E-state index contributed by atoms with van der Waals surface area (Å²) in [7, 11) is 1.61. The van der Waals surface area contributed by atoms with Crippen LogP contribution in [0.15, 0.2) is 36.4 Å². The Hall–Kier alpha value is -1.77. The van der Waals surface area contributed by atoms with Gasteiger partial charge in [0.1, 0.15) is 12.4 Å². The fourth-order valence-electron chi connectivity index (χ4n) is 1.34. The molecule has 3 nitrogen and oxygen atoms in total. The molecule has 0 aliphatic rings. The van der Waals surface area contributed by atoms with E-state index >= 15 is 0 Å². The monoisotopic (exact) mass is 234 g/mol. The van der Waals surface area contributed by atoms with Crippen LogP contribution in [0.25, 0.3) is 0 Å². The van der Waals surface area contributed by atoms with Gasteiger partial charge in [0.2, 0.25) is 0 Å². The van der Waals surface area contributed by atoms with E-state index < -0.39 is 0 Å². The van der Waals surface area contributed by atoms with Gasteiger partial charge in [0.05, 0.1) is 13.5 Å². The maximum absolute atomic E-state index is 11.4. The van der Waals surface area contributed by atoms with Crippen LogP contribution in [0.2, 0.25) is 0 Å². The average molecular weight is 234 g/mol. The zero-order valence-corrected chi connectivity index (χ0v) is 10.3. The van der Waals surface area contributed by atoms with Crippen molar-refractivity contribution >= 4 is 5.97 Å². The molecule has 0 unspecified atom stereocenters. The van der Waals surface area contributed by atoms with Crippen molar-refractivity contribution in [3.8, 4) is 5.75 Å². The number of hydrogen-bond acceptors (Lipinski definition) is 3. The van der Waals surface area contributed by atoms with E-state index in [1.165, 1.54) is 0 Å². The lowest BCUT2D eigenvalue weighted by molar-refractivity contribution is -0.141. The van der Waals surface area contributed by atoms with Crippen molar-refractivity contribution in [3.05, 3.63) is 42.0 Å². The predicted octanol–water partition coefficient (Wildman–Crippen LogP) is 2.75. The van der Waals surface area contributed by atoms with Crippen LogP contribution in [-0.4, -0.2) is 19.7 Å². The third-order valence-electron chi connectivity index (χ3n) is 2.25. The summed E-state index contributed by atoms with van der Waals surface area (Å²) in [6.07, 6.45) is 5.08. The van der Waals surface area contributed by atoms with E-state index in [4.69, 9.17) is 9.47 Å². The van der Waals surface area contributed by atoms with E-state index in [2.05, 4.69) is 0 Å². The van der Waals surface area contributed by atoms with Crippen molar-refractivity contribution in [2.75, 3.05) is 13.7 Å². The minimum Gasteiger partial charge on any atom is -0.497 e. The van der Waals surface area contributed by atoms with Crippen LogP contribution >= 0.6 is 0 Å². The van der Waals surface area contributed by atoms with Gasteiger partial charge in [-0.1, -0.05) is 31.2 Å². The molecule has 0 spiro atoms. The highest BCUT2D eigenvalue weighted by molar-refractivity contribution is 5.72. The Morgan fingerprint density at radius 2 is 1.94 bits per heavy atom. The zero-order valence-electron chi connectivity index (χ0n) is 10.3. The first-order valence-electron chi connectivity index (χ1n) is 5.69. The number of esters is 1. The van der Waals surface area contributed by atoms with Crippen LogP contribution in [0.1, 0.15) is 18.9 Å². The first kappa shape index (κ1) is 13.3. The molecule has 0 N–H and O–H groups in total. The largest absolute Gasteiger partial charge is 0.497 e. The Morgan fingerprint density at radius 3 is 2.53 bits per heavy atom. The Kier molecular flexibility index (Phi) is 5.86. The molecule has 17 heavy (non-hydrogen) atoms. The molecule has 92 valence electrons. The number of rotatable bonds is 6. The molecule has 0 fully saturated rings. The summed E-state index contributed by atoms with van der Waals surface area (Å²) in [5.74, 6) is 0.573. The Labute approximate surface area is 102 Å². The second-order valence-corrected chi connectivity index (χ2v) is 3.59. The number of benzene rings is 1. The average Bonchev–Trinajstić information content (AvgIpc) is 2.36. The van der Waals surface area contributed by atoms with Crippen LogP contribution in [0.5, 0.6) is 5.75 Å². The van der Waals surface area contributed by atoms with E-state index in [-0.39, 0.29) is 5.97 Å². The van der Waals surface area contributed by atoms with Crippen molar-refractivity contribution in [2.24, 2.45) is 0 Å². The van der Waals surface area contributed by atoms with Gasteiger partial charge >= 0.3 is 5.97 Å². The minimum atomic E-state index is -0.212. The van der Waals surface area contributed by atoms with Crippen LogP contribution in [0.4, 0.5) is 0 Å². The molecule has 0 saturated heterocycles. The lowest BCUT2D eigenvalue weighted by atomic mass is 10.1. The third kappa shape index (κ3) is 5.20. The Bertz CT molecular complexity index is 366. The molecular weight excluding hydrogens is 216 g/mol. The number of carbonyl (C=O) groups excluding carboxylic acids is 1. The highest BCUT2D eigenvalue weighted by Gasteiger charge is 2.03. The molecule has 0 bridgehead atoms. The maximum Gasteiger partial charge on any atom is 0.310 e. The number of ether oxygens (including phenoxy) is 2. The molecule has 0 heterocycles. The number of allylic oxidation sites excluding steroid dienone is 1. The molecule has 0 aromatic heterocycles. The molecular formula is C14H18O3. The number of hydrogen-bond donors (Lipinski definition) is 0. The third-order valence-corrected chi connectivity index (χ3v) is 2.25. The minimum absolute atomic E-state index is 0.212. The van der Waals surface area contributed by atoms with Gasteiger partial charge in [0.15, 0.2) is 0 Å². The van der Waals surface area contributed by atoms with Crippen molar-refractivity contribution in [1.82, 2.24) is 0 Å². The first-order chi connectivity index (χ1) is 8.26. The molecule has 1 aromatic rings. The lowest BCUT2D eigenvalue weighted by Crippen LogP contribution is -2.07. The standard InChI is InChI=1S/C14H18O3/c1-3-4-5-10-17-14(15)11-12-6-8-13(16-2)9-7-12/h4-9H,3,10-11H2,1-2H3/b5-4+. The molecule has 0 saturated carbocycles.